The van der Waals surface area contributed by atoms with Gasteiger partial charge in [0.2, 0.25) is 0 Å². The molecular weight excluding hydrogens is 500 g/mol. The summed E-state index contributed by atoms with van der Waals surface area (Å²) in [5.41, 5.74) is 1.23. The van der Waals surface area contributed by atoms with Crippen molar-refractivity contribution in [2.24, 2.45) is 10.2 Å². The number of anilines is 1. The minimum absolute atomic E-state index is 0.0225. The normalized spacial score (nSPS) is 11.3. The van der Waals surface area contributed by atoms with Crippen LogP contribution in [0.1, 0.15) is 15.9 Å². The summed E-state index contributed by atoms with van der Waals surface area (Å²) in [6.07, 6.45) is 4.34. The number of nitrogens with zero attached hydrogens (tertiary/aromatic N) is 7. The van der Waals surface area contributed by atoms with Gasteiger partial charge in [0, 0.05) is 23.5 Å². The molecule has 13 nitrogen and oxygen atoms in total. The van der Waals surface area contributed by atoms with Crippen LogP contribution in [0.4, 0.5) is 17.2 Å². The van der Waals surface area contributed by atoms with E-state index in [4.69, 9.17) is 0 Å². The van der Waals surface area contributed by atoms with Crippen molar-refractivity contribution in [1.29, 1.82) is 5.26 Å². The van der Waals surface area contributed by atoms with Crippen molar-refractivity contribution in [2.75, 3.05) is 5.32 Å². The van der Waals surface area contributed by atoms with Gasteiger partial charge in [-0.3, -0.25) is 4.79 Å². The lowest BCUT2D eigenvalue weighted by molar-refractivity contribution is 0.102. The standard InChI is InChI=1S/C26H16N10O3/c27-12-15-13-30-36(25-28-8-3-9-29-25)23(15)35-34-21-17-5-2-1-4-14(17)10-18(22(21)37)24(38)31-16-6-7-19-20(11-16)33-26(39)32-19/h1-11,13,37H,(H,31,38)(H2,32,33,39)/b35-34+. The Morgan fingerprint density at radius 1 is 1.03 bits per heavy atom. The summed E-state index contributed by atoms with van der Waals surface area (Å²) in [6.45, 7) is 0. The van der Waals surface area contributed by atoms with Crippen LogP contribution in [0.25, 0.3) is 27.8 Å². The average molecular weight is 516 g/mol. The van der Waals surface area contributed by atoms with Crippen LogP contribution in [-0.4, -0.2) is 40.7 Å². The number of imidazole rings is 1. The number of azo groups is 1. The first-order valence-electron chi connectivity index (χ1n) is 11.5. The molecule has 13 heteroatoms. The highest BCUT2D eigenvalue weighted by molar-refractivity contribution is 6.12. The lowest BCUT2D eigenvalue weighted by atomic mass is 10.0. The van der Waals surface area contributed by atoms with Gasteiger partial charge < -0.3 is 20.4 Å². The van der Waals surface area contributed by atoms with E-state index in [-0.39, 0.29) is 34.3 Å². The monoisotopic (exact) mass is 516 g/mol. The Morgan fingerprint density at radius 3 is 2.64 bits per heavy atom. The molecule has 4 N–H and O–H groups in total. The number of phenols is 1. The predicted octanol–water partition coefficient (Wildman–Crippen LogP) is 4.23. The van der Waals surface area contributed by atoms with Crippen LogP contribution in [-0.2, 0) is 0 Å². The van der Waals surface area contributed by atoms with Gasteiger partial charge in [-0.2, -0.15) is 15.0 Å². The van der Waals surface area contributed by atoms with E-state index in [0.717, 1.165) is 0 Å². The van der Waals surface area contributed by atoms with Gasteiger partial charge in [0.1, 0.15) is 17.3 Å². The van der Waals surface area contributed by atoms with Crippen LogP contribution in [0, 0.1) is 11.3 Å². The molecule has 0 atom stereocenters. The zero-order chi connectivity index (χ0) is 26.9. The van der Waals surface area contributed by atoms with Gasteiger partial charge in [0.25, 0.3) is 11.9 Å². The number of aromatic nitrogens is 6. The molecule has 39 heavy (non-hydrogen) atoms. The smallest absolute Gasteiger partial charge is 0.323 e. The molecule has 3 aromatic carbocycles. The number of rotatable bonds is 5. The van der Waals surface area contributed by atoms with E-state index >= 15 is 0 Å². The van der Waals surface area contributed by atoms with Gasteiger partial charge in [-0.15, -0.1) is 10.2 Å². The number of carbonyl (C=O) groups excluding carboxylic acids is 1. The fourth-order valence-electron chi connectivity index (χ4n) is 4.06. The number of nitrogens with one attached hydrogen (secondary N) is 3. The number of H-pyrrole nitrogens is 2. The summed E-state index contributed by atoms with van der Waals surface area (Å²) >= 11 is 0. The number of nitriles is 1. The molecule has 6 rings (SSSR count). The first-order chi connectivity index (χ1) is 19.0. The first-order valence-corrected chi connectivity index (χ1v) is 11.5. The highest BCUT2D eigenvalue weighted by atomic mass is 16.3. The first kappa shape index (κ1) is 23.3. The molecule has 0 unspecified atom stereocenters. The van der Waals surface area contributed by atoms with Gasteiger partial charge in [-0.05, 0) is 35.7 Å². The molecule has 0 aliphatic carbocycles. The Hall–Kier alpha value is -6.16. The zero-order valence-corrected chi connectivity index (χ0v) is 19.8. The molecule has 0 aliphatic heterocycles. The third-order valence-corrected chi connectivity index (χ3v) is 5.86. The van der Waals surface area contributed by atoms with E-state index in [1.54, 1.807) is 54.6 Å². The van der Waals surface area contributed by atoms with Gasteiger partial charge in [-0.1, -0.05) is 24.3 Å². The molecule has 0 radical (unpaired) electrons. The Balaban J connectivity index is 1.42. The Morgan fingerprint density at radius 2 is 1.82 bits per heavy atom. The molecule has 0 saturated carbocycles. The molecular formula is C26H16N10O3. The lowest BCUT2D eigenvalue weighted by Gasteiger charge is -2.11. The van der Waals surface area contributed by atoms with Crippen LogP contribution in [0.3, 0.4) is 0 Å². The zero-order valence-electron chi connectivity index (χ0n) is 19.8. The second-order valence-electron chi connectivity index (χ2n) is 8.29. The highest BCUT2D eigenvalue weighted by Crippen LogP contribution is 2.40. The third-order valence-electron chi connectivity index (χ3n) is 5.86. The van der Waals surface area contributed by atoms with Crippen molar-refractivity contribution in [3.63, 3.8) is 0 Å². The molecule has 0 saturated heterocycles. The number of phenolic OH excluding ortho intramolecular Hbond substituents is 1. The minimum atomic E-state index is -0.604. The van der Waals surface area contributed by atoms with Crippen molar-refractivity contribution < 1.29 is 9.90 Å². The summed E-state index contributed by atoms with van der Waals surface area (Å²) < 4.78 is 1.25. The summed E-state index contributed by atoms with van der Waals surface area (Å²) in [6, 6.07) is 17.1. The van der Waals surface area contributed by atoms with Gasteiger partial charge in [-0.25, -0.2) is 14.8 Å². The van der Waals surface area contributed by atoms with E-state index in [2.05, 4.69) is 40.6 Å². The minimum Gasteiger partial charge on any atom is -0.505 e. The number of amides is 1. The number of carbonyl (C=O) groups is 1. The summed E-state index contributed by atoms with van der Waals surface area (Å²) in [4.78, 5) is 38.3. The maximum absolute atomic E-state index is 13.2. The fourth-order valence-corrected chi connectivity index (χ4v) is 4.06. The van der Waals surface area contributed by atoms with Crippen molar-refractivity contribution in [2.45, 2.75) is 0 Å². The van der Waals surface area contributed by atoms with Crippen LogP contribution in [0.15, 0.2) is 88.2 Å². The number of hydrogen-bond acceptors (Lipinski definition) is 9. The Bertz CT molecular complexity index is 2020. The molecule has 1 amide bonds. The molecule has 6 aromatic rings. The van der Waals surface area contributed by atoms with E-state index in [1.807, 2.05) is 6.07 Å². The average Bonchev–Trinajstić information content (AvgIpc) is 3.54. The number of aromatic amines is 2. The van der Waals surface area contributed by atoms with Gasteiger partial charge in [0.05, 0.1) is 22.8 Å². The number of hydrogen-bond donors (Lipinski definition) is 4. The van der Waals surface area contributed by atoms with Crippen molar-refractivity contribution in [1.82, 2.24) is 29.7 Å². The molecule has 0 fully saturated rings. The van der Waals surface area contributed by atoms with Crippen LogP contribution < -0.4 is 11.0 Å². The maximum Gasteiger partial charge on any atom is 0.323 e. The van der Waals surface area contributed by atoms with Crippen molar-refractivity contribution in [3.05, 3.63) is 94.8 Å². The molecule has 0 bridgehead atoms. The van der Waals surface area contributed by atoms with E-state index in [9.17, 15) is 20.0 Å². The largest absolute Gasteiger partial charge is 0.505 e. The van der Waals surface area contributed by atoms with Gasteiger partial charge >= 0.3 is 5.69 Å². The van der Waals surface area contributed by atoms with Crippen LogP contribution in [0.2, 0.25) is 0 Å². The van der Waals surface area contributed by atoms with E-state index in [1.165, 1.54) is 23.3 Å². The van der Waals surface area contributed by atoms with Crippen LogP contribution in [0.5, 0.6) is 5.75 Å². The second kappa shape index (κ2) is 9.37. The lowest BCUT2D eigenvalue weighted by Crippen LogP contribution is -2.12. The molecule has 0 spiro atoms. The van der Waals surface area contributed by atoms with Gasteiger partial charge in [0.15, 0.2) is 11.6 Å². The predicted molar refractivity (Wildman–Crippen MR) is 141 cm³/mol. The quantitative estimate of drug-likeness (QED) is 0.246. The van der Waals surface area contributed by atoms with Crippen LogP contribution >= 0.6 is 0 Å². The molecule has 3 heterocycles. The third kappa shape index (κ3) is 4.23. The summed E-state index contributed by atoms with van der Waals surface area (Å²) in [5, 5.41) is 37.2. The van der Waals surface area contributed by atoms with E-state index < -0.39 is 11.7 Å². The SMILES string of the molecule is N#Cc1cnn(-c2ncccn2)c1/N=N/c1c(O)c(C(=O)Nc2ccc3[nH]c(=O)[nH]c3c2)cc2ccccc12. The Labute approximate surface area is 218 Å². The Kier molecular flexibility index (Phi) is 5.59. The summed E-state index contributed by atoms with van der Waals surface area (Å²) in [7, 11) is 0. The number of aromatic hydroxyl groups is 1. The second-order valence-corrected chi connectivity index (χ2v) is 8.29. The topological polar surface area (TPSA) is 190 Å². The molecule has 0 aliphatic rings. The van der Waals surface area contributed by atoms with Crippen molar-refractivity contribution >= 4 is 44.9 Å². The van der Waals surface area contributed by atoms with Crippen molar-refractivity contribution in [3.8, 4) is 17.8 Å². The number of benzene rings is 3. The molecule has 188 valence electrons. The molecule has 3 aromatic heterocycles. The highest BCUT2D eigenvalue weighted by Gasteiger charge is 2.20. The fraction of sp³-hybridized carbons (Fsp3) is 0. The van der Waals surface area contributed by atoms with E-state index in [0.29, 0.717) is 27.5 Å². The number of fused-ring (bicyclic) bond motifs is 2. The maximum atomic E-state index is 13.2. The summed E-state index contributed by atoms with van der Waals surface area (Å²) in [5.74, 6) is -0.786.